The minimum Gasteiger partial charge on any atom is -0.463 e. The van der Waals surface area contributed by atoms with Gasteiger partial charge in [0.1, 0.15) is 25.4 Å². The van der Waals surface area contributed by atoms with Crippen LogP contribution < -0.4 is 0 Å². The van der Waals surface area contributed by atoms with Crippen molar-refractivity contribution in [1.29, 1.82) is 0 Å². The summed E-state index contributed by atoms with van der Waals surface area (Å²) in [6, 6.07) is 0. The summed E-state index contributed by atoms with van der Waals surface area (Å²) in [5.74, 6) is -1.71. The van der Waals surface area contributed by atoms with Gasteiger partial charge in [0.2, 0.25) is 0 Å². The Labute approximate surface area is 587 Å². The molecule has 0 aromatic rings. The van der Waals surface area contributed by atoms with E-state index in [0.29, 0.717) is 25.7 Å². The van der Waals surface area contributed by atoms with Crippen molar-refractivity contribution in [3.63, 3.8) is 0 Å². The minimum absolute atomic E-state index is 0.0361. The fraction of sp³-hybridized carbons (Fsp3) is 0.633. The lowest BCUT2D eigenvalue weighted by atomic mass is 10.1. The fourth-order valence-electron chi connectivity index (χ4n) is 9.11. The Balaban J connectivity index is 4.77. The topological polar surface area (TPSA) is 231 Å². The standard InChI is InChI=1S/C79H130O16P2/c1-4-7-10-13-16-19-22-25-28-31-34-35-36-37-40-42-44-47-50-53-56-59-62-65-77(82)89-68-74(80)69-91-96(85,86)92-70-75(81)71-93-97(87,88)94-73-76(95-79(84)67-64-61-58-55-52-49-46-43-39-33-30-27-24-21-18-15-12-9-6-3)72-90-78(83)66-63-60-57-54-51-48-45-41-38-32-29-26-23-20-17-14-11-8-5-2/h8,11,16-21,25-30,34-35,37-41,43,48,51,57,60,74-76,80-81H,4-7,9-10,12-15,22-24,31-33,36,42,44-47,49-50,52-56,58-59,61-73H2,1-3H3,(H,85,86)(H,87,88)/b11-8-,19-16-,20-17-,21-18-,28-25-,29-26-,30-27-,35-34-,40-37-,41-38-,43-39-,51-48-,60-57-. The molecule has 5 atom stereocenters. The maximum atomic E-state index is 13.0. The zero-order valence-corrected chi connectivity index (χ0v) is 61.7. The molecule has 0 saturated carbocycles. The van der Waals surface area contributed by atoms with Gasteiger partial charge >= 0.3 is 33.6 Å². The minimum atomic E-state index is -4.96. The maximum Gasteiger partial charge on any atom is 0.472 e. The number of carbonyl (C=O) groups excluding carboxylic acids is 3. The second-order valence-electron chi connectivity index (χ2n) is 24.0. The van der Waals surface area contributed by atoms with Gasteiger partial charge in [-0.2, -0.15) is 0 Å². The van der Waals surface area contributed by atoms with E-state index < -0.39 is 91.5 Å². The van der Waals surface area contributed by atoms with Crippen LogP contribution in [0.15, 0.2) is 158 Å². The normalized spacial score (nSPS) is 15.0. The summed E-state index contributed by atoms with van der Waals surface area (Å²) in [5.41, 5.74) is 0. The van der Waals surface area contributed by atoms with Gasteiger partial charge in [-0.15, -0.1) is 0 Å². The van der Waals surface area contributed by atoms with Crippen molar-refractivity contribution in [2.75, 3.05) is 39.6 Å². The summed E-state index contributed by atoms with van der Waals surface area (Å²) in [5, 5.41) is 20.6. The molecule has 0 amide bonds. The lowest BCUT2D eigenvalue weighted by molar-refractivity contribution is -0.161. The summed E-state index contributed by atoms with van der Waals surface area (Å²) in [6.07, 6.45) is 87.2. The van der Waals surface area contributed by atoms with E-state index in [1.165, 1.54) is 44.9 Å². The molecule has 0 bridgehead atoms. The Kier molecular flexibility index (Phi) is 67.5. The Morgan fingerprint density at radius 1 is 0.299 bits per heavy atom. The predicted octanol–water partition coefficient (Wildman–Crippen LogP) is 21.1. The van der Waals surface area contributed by atoms with Crippen LogP contribution in [0.5, 0.6) is 0 Å². The summed E-state index contributed by atoms with van der Waals surface area (Å²) in [4.78, 5) is 58.5. The number of unbranched alkanes of at least 4 members (excludes halogenated alkanes) is 19. The quantitative estimate of drug-likeness (QED) is 0.0146. The number of aliphatic hydroxyl groups is 2. The van der Waals surface area contributed by atoms with E-state index in [1.807, 2.05) is 18.2 Å². The van der Waals surface area contributed by atoms with E-state index >= 15 is 0 Å². The SMILES string of the molecule is CC/C=C\C/C=C\C/C=C\C/C=C\C/C=C\C/C=C\CCC(=O)OCC(COP(=O)(O)OCC(O)COP(=O)(O)OCC(O)COC(=O)CCCCCCCCC/C=C\C/C=C\C/C=C\C/C=C\CCCCC)OC(=O)CCCCCCCC/C=C\C/C=C\C/C=C\CCCCC. The number of hydrogen-bond donors (Lipinski definition) is 4. The van der Waals surface area contributed by atoms with Crippen molar-refractivity contribution >= 4 is 33.6 Å². The highest BCUT2D eigenvalue weighted by Gasteiger charge is 2.29. The zero-order chi connectivity index (χ0) is 70.9. The number of ether oxygens (including phenoxy) is 3. The average Bonchev–Trinajstić information content (AvgIpc) is 1.62. The highest BCUT2D eigenvalue weighted by molar-refractivity contribution is 7.47. The summed E-state index contributed by atoms with van der Waals surface area (Å²) < 4.78 is 60.9. The first-order chi connectivity index (χ1) is 47.2. The smallest absolute Gasteiger partial charge is 0.463 e. The third-order valence-electron chi connectivity index (χ3n) is 14.7. The molecule has 0 aliphatic heterocycles. The number of rotatable bonds is 68. The van der Waals surface area contributed by atoms with Gasteiger partial charge in [0.05, 0.1) is 26.4 Å². The number of phosphoric ester groups is 2. The summed E-state index contributed by atoms with van der Waals surface area (Å²) in [7, 11) is -9.83. The number of esters is 3. The predicted molar refractivity (Wildman–Crippen MR) is 399 cm³/mol. The van der Waals surface area contributed by atoms with Crippen molar-refractivity contribution in [2.45, 2.75) is 283 Å². The van der Waals surface area contributed by atoms with Gasteiger partial charge in [-0.1, -0.05) is 262 Å². The number of carbonyl (C=O) groups is 3. The molecule has 0 aliphatic rings. The van der Waals surface area contributed by atoms with E-state index in [4.69, 9.17) is 32.3 Å². The van der Waals surface area contributed by atoms with Crippen LogP contribution in [0.2, 0.25) is 0 Å². The Hall–Kier alpha value is -4.83. The van der Waals surface area contributed by atoms with Gasteiger partial charge in [-0.25, -0.2) is 9.13 Å². The molecule has 0 heterocycles. The van der Waals surface area contributed by atoms with Crippen LogP contribution in [0.1, 0.15) is 265 Å². The van der Waals surface area contributed by atoms with Crippen molar-refractivity contribution in [1.82, 2.24) is 0 Å². The molecule has 97 heavy (non-hydrogen) atoms. The van der Waals surface area contributed by atoms with E-state index in [-0.39, 0.29) is 19.3 Å². The molecular weight excluding hydrogens is 1270 g/mol. The van der Waals surface area contributed by atoms with Gasteiger partial charge in [0, 0.05) is 19.3 Å². The van der Waals surface area contributed by atoms with Gasteiger partial charge in [0.15, 0.2) is 6.10 Å². The third-order valence-corrected chi connectivity index (χ3v) is 16.6. The maximum absolute atomic E-state index is 13.0. The number of allylic oxidation sites excluding steroid dienone is 26. The van der Waals surface area contributed by atoms with Crippen LogP contribution in [0, 0.1) is 0 Å². The Morgan fingerprint density at radius 2 is 0.567 bits per heavy atom. The molecule has 0 rings (SSSR count). The Bertz CT molecular complexity index is 2400. The second kappa shape index (κ2) is 71.0. The fourth-order valence-corrected chi connectivity index (χ4v) is 10.7. The van der Waals surface area contributed by atoms with Crippen LogP contribution in [0.3, 0.4) is 0 Å². The number of aliphatic hydroxyl groups excluding tert-OH is 2. The van der Waals surface area contributed by atoms with Crippen LogP contribution >= 0.6 is 15.6 Å². The van der Waals surface area contributed by atoms with Crippen molar-refractivity contribution in [3.05, 3.63) is 158 Å². The van der Waals surface area contributed by atoms with Crippen LogP contribution in [-0.2, 0) is 55.8 Å². The molecule has 5 unspecified atom stereocenters. The molecule has 0 spiro atoms. The molecule has 16 nitrogen and oxygen atoms in total. The van der Waals surface area contributed by atoms with Crippen LogP contribution in [0.25, 0.3) is 0 Å². The highest BCUT2D eigenvalue weighted by Crippen LogP contribution is 2.45. The molecule has 552 valence electrons. The highest BCUT2D eigenvalue weighted by atomic mass is 31.2. The van der Waals surface area contributed by atoms with Crippen molar-refractivity contribution in [3.8, 4) is 0 Å². The monoisotopic (exact) mass is 1400 g/mol. The molecule has 0 fully saturated rings. The molecule has 18 heteroatoms. The second-order valence-corrected chi connectivity index (χ2v) is 26.9. The van der Waals surface area contributed by atoms with Crippen LogP contribution in [-0.4, -0.2) is 95.9 Å². The summed E-state index contributed by atoms with van der Waals surface area (Å²) >= 11 is 0. The van der Waals surface area contributed by atoms with Crippen molar-refractivity contribution < 1.29 is 75.8 Å². The lowest BCUT2D eigenvalue weighted by Gasteiger charge is -2.21. The molecule has 4 N–H and O–H groups in total. The van der Waals surface area contributed by atoms with E-state index in [0.717, 1.165) is 154 Å². The Morgan fingerprint density at radius 3 is 0.928 bits per heavy atom. The number of hydrogen-bond acceptors (Lipinski definition) is 14. The molecule has 0 aliphatic carbocycles. The van der Waals surface area contributed by atoms with Gasteiger partial charge in [-0.05, 0) is 141 Å². The number of phosphoric acid groups is 2. The van der Waals surface area contributed by atoms with E-state index in [9.17, 15) is 43.5 Å². The van der Waals surface area contributed by atoms with Gasteiger partial charge in [-0.3, -0.25) is 32.5 Å². The first-order valence-corrected chi connectivity index (χ1v) is 39.8. The molecule has 0 radical (unpaired) electrons. The summed E-state index contributed by atoms with van der Waals surface area (Å²) in [6.45, 7) is 2.37. The average molecular weight is 1400 g/mol. The molecule has 0 saturated heterocycles. The molecular formula is C79H130O16P2. The first kappa shape index (κ1) is 92.2. The van der Waals surface area contributed by atoms with Gasteiger partial charge < -0.3 is 34.2 Å². The van der Waals surface area contributed by atoms with E-state index in [2.05, 4.69) is 161 Å². The molecule has 0 aromatic heterocycles. The lowest BCUT2D eigenvalue weighted by Crippen LogP contribution is -2.30. The first-order valence-electron chi connectivity index (χ1n) is 36.8. The molecule has 0 aromatic carbocycles. The zero-order valence-electron chi connectivity index (χ0n) is 59.9. The third kappa shape index (κ3) is 72.2. The van der Waals surface area contributed by atoms with Crippen molar-refractivity contribution in [2.24, 2.45) is 0 Å². The van der Waals surface area contributed by atoms with E-state index in [1.54, 1.807) is 0 Å². The van der Waals surface area contributed by atoms with Gasteiger partial charge in [0.25, 0.3) is 0 Å². The largest absolute Gasteiger partial charge is 0.472 e. The van der Waals surface area contributed by atoms with Crippen LogP contribution in [0.4, 0.5) is 0 Å².